The van der Waals surface area contributed by atoms with Crippen LogP contribution in [0.4, 0.5) is 11.4 Å². The molecule has 0 bridgehead atoms. The molecule has 1 aromatic carbocycles. The minimum atomic E-state index is -0.644. The average Bonchev–Trinajstić information content (AvgIpc) is 2.29. The highest BCUT2D eigenvalue weighted by atomic mass is 35.5. The number of anilines is 2. The summed E-state index contributed by atoms with van der Waals surface area (Å²) < 4.78 is 0. The molecule has 1 unspecified atom stereocenters. The van der Waals surface area contributed by atoms with Crippen LogP contribution in [0.25, 0.3) is 0 Å². The monoisotopic (exact) mass is 258 g/mol. The third kappa shape index (κ3) is 4.50. The quantitative estimate of drug-likeness (QED) is 0.365. The van der Waals surface area contributed by atoms with Gasteiger partial charge in [-0.15, -0.1) is 11.6 Å². The van der Waals surface area contributed by atoms with Gasteiger partial charge in [0.15, 0.2) is 0 Å². The van der Waals surface area contributed by atoms with Crippen molar-refractivity contribution >= 4 is 28.9 Å². The molecule has 0 spiro atoms. The lowest BCUT2D eigenvalue weighted by Gasteiger charge is -2.12. The Labute approximate surface area is 104 Å². The van der Waals surface area contributed by atoms with Gasteiger partial charge in [0.05, 0.1) is 17.7 Å². The molecule has 6 heteroatoms. The number of aromatic hydroxyl groups is 1. The molecule has 0 aliphatic carbocycles. The molecule has 5 nitrogen and oxygen atoms in total. The van der Waals surface area contributed by atoms with Gasteiger partial charge in [0.2, 0.25) is 5.91 Å². The Bertz CT molecular complexity index is 398. The van der Waals surface area contributed by atoms with Crippen molar-refractivity contribution in [1.29, 1.82) is 0 Å². The van der Waals surface area contributed by atoms with Crippen molar-refractivity contribution in [3.63, 3.8) is 0 Å². The molecule has 0 saturated carbocycles. The highest BCUT2D eigenvalue weighted by Crippen LogP contribution is 2.26. The largest absolute Gasteiger partial charge is 0.506 e. The summed E-state index contributed by atoms with van der Waals surface area (Å²) in [6, 6.07) is 4.68. The number of benzene rings is 1. The van der Waals surface area contributed by atoms with Crippen LogP contribution >= 0.6 is 11.6 Å². The first-order valence-electron chi connectivity index (χ1n) is 5.11. The van der Waals surface area contributed by atoms with Crippen LogP contribution < -0.4 is 10.6 Å². The Morgan fingerprint density at radius 2 is 2.24 bits per heavy atom. The van der Waals surface area contributed by atoms with Crippen LogP contribution in [0.1, 0.15) is 6.92 Å². The molecular weight excluding hydrogens is 244 g/mol. The summed E-state index contributed by atoms with van der Waals surface area (Å²) in [6.45, 7) is 1.66. The number of carbonyl (C=O) groups is 1. The summed E-state index contributed by atoms with van der Waals surface area (Å²) >= 11 is 5.46. The third-order valence-corrected chi connectivity index (χ3v) is 2.38. The van der Waals surface area contributed by atoms with Gasteiger partial charge in [-0.3, -0.25) is 4.79 Å². The zero-order chi connectivity index (χ0) is 12.8. The van der Waals surface area contributed by atoms with Gasteiger partial charge in [-0.2, -0.15) is 0 Å². The lowest BCUT2D eigenvalue weighted by Crippen LogP contribution is -2.20. The van der Waals surface area contributed by atoms with Crippen LogP contribution in [0, 0.1) is 0 Å². The van der Waals surface area contributed by atoms with Crippen molar-refractivity contribution in [2.75, 3.05) is 23.1 Å². The number of hydrogen-bond acceptors (Lipinski definition) is 4. The van der Waals surface area contributed by atoms with Crippen molar-refractivity contribution in [2.24, 2.45) is 0 Å². The maximum Gasteiger partial charge on any atom is 0.221 e. The van der Waals surface area contributed by atoms with Crippen LogP contribution in [0.3, 0.4) is 0 Å². The summed E-state index contributed by atoms with van der Waals surface area (Å²) in [6.07, 6.45) is -0.644. The molecular formula is C11H15ClN2O3. The summed E-state index contributed by atoms with van der Waals surface area (Å²) in [4.78, 5) is 10.9. The van der Waals surface area contributed by atoms with Gasteiger partial charge in [-0.05, 0) is 18.2 Å². The van der Waals surface area contributed by atoms with E-state index in [1.54, 1.807) is 12.1 Å². The van der Waals surface area contributed by atoms with Gasteiger partial charge < -0.3 is 20.8 Å². The number of carbonyl (C=O) groups excluding carboxylic acids is 1. The minimum Gasteiger partial charge on any atom is -0.506 e. The number of rotatable bonds is 5. The number of aliphatic hydroxyl groups is 1. The number of aliphatic hydroxyl groups excluding tert-OH is 1. The normalized spacial score (nSPS) is 11.9. The molecule has 1 rings (SSSR count). The number of amides is 1. The van der Waals surface area contributed by atoms with Crippen molar-refractivity contribution in [3.05, 3.63) is 18.2 Å². The topological polar surface area (TPSA) is 81.6 Å². The Balaban J connectivity index is 2.71. The number of hydrogen-bond donors (Lipinski definition) is 4. The van der Waals surface area contributed by atoms with Gasteiger partial charge in [0.25, 0.3) is 0 Å². The number of halogens is 1. The van der Waals surface area contributed by atoms with Crippen LogP contribution in [0.15, 0.2) is 18.2 Å². The van der Waals surface area contributed by atoms with Crippen LogP contribution in [-0.4, -0.2) is 34.6 Å². The van der Waals surface area contributed by atoms with Gasteiger partial charge >= 0.3 is 0 Å². The highest BCUT2D eigenvalue weighted by Gasteiger charge is 2.06. The molecule has 94 valence electrons. The fourth-order valence-electron chi connectivity index (χ4n) is 1.23. The summed E-state index contributed by atoms with van der Waals surface area (Å²) in [5.74, 6) is -0.134. The van der Waals surface area contributed by atoms with E-state index in [-0.39, 0.29) is 17.5 Å². The number of phenols is 1. The molecule has 4 N–H and O–H groups in total. The lowest BCUT2D eigenvalue weighted by molar-refractivity contribution is -0.114. The van der Waals surface area contributed by atoms with Gasteiger partial charge in [-0.25, -0.2) is 0 Å². The highest BCUT2D eigenvalue weighted by molar-refractivity contribution is 6.18. The maximum atomic E-state index is 10.9. The second-order valence-corrected chi connectivity index (χ2v) is 3.91. The van der Waals surface area contributed by atoms with Gasteiger partial charge in [0.1, 0.15) is 5.75 Å². The fraction of sp³-hybridized carbons (Fsp3) is 0.364. The van der Waals surface area contributed by atoms with Crippen molar-refractivity contribution < 1.29 is 15.0 Å². The first-order chi connectivity index (χ1) is 8.02. The summed E-state index contributed by atoms with van der Waals surface area (Å²) in [7, 11) is 0. The first kappa shape index (κ1) is 13.6. The van der Waals surface area contributed by atoms with Crippen molar-refractivity contribution in [2.45, 2.75) is 13.0 Å². The molecule has 17 heavy (non-hydrogen) atoms. The molecule has 0 aromatic heterocycles. The molecule has 1 aromatic rings. The van der Waals surface area contributed by atoms with E-state index in [2.05, 4.69) is 10.6 Å². The van der Waals surface area contributed by atoms with E-state index in [0.29, 0.717) is 17.9 Å². The molecule has 0 saturated heterocycles. The molecule has 1 atom stereocenters. The predicted octanol–water partition coefficient (Wildman–Crippen LogP) is 1.36. The number of phenolic OH excluding ortho intramolecular Hbond substituents is 1. The van der Waals surface area contributed by atoms with E-state index < -0.39 is 6.10 Å². The molecule has 0 fully saturated rings. The number of nitrogens with one attached hydrogen (secondary N) is 2. The van der Waals surface area contributed by atoms with Gasteiger partial charge in [-0.1, -0.05) is 0 Å². The Kier molecular flexibility index (Phi) is 5.06. The molecule has 0 aliphatic heterocycles. The second-order valence-electron chi connectivity index (χ2n) is 3.60. The standard InChI is InChI=1S/C11H15ClN2O3/c1-7(15)14-10-4-8(2-3-11(10)17)13-6-9(16)5-12/h2-4,9,13,16-17H,5-6H2,1H3,(H,14,15). The van der Waals surface area contributed by atoms with Crippen LogP contribution in [0.5, 0.6) is 5.75 Å². The van der Waals surface area contributed by atoms with E-state index in [1.807, 2.05) is 0 Å². The SMILES string of the molecule is CC(=O)Nc1cc(NCC(O)CCl)ccc1O. The third-order valence-electron chi connectivity index (χ3n) is 2.03. The fourth-order valence-corrected chi connectivity index (χ4v) is 1.34. The van der Waals surface area contributed by atoms with Crippen molar-refractivity contribution in [3.8, 4) is 5.75 Å². The van der Waals surface area contributed by atoms with E-state index >= 15 is 0 Å². The first-order valence-corrected chi connectivity index (χ1v) is 5.65. The zero-order valence-electron chi connectivity index (χ0n) is 9.40. The summed E-state index contributed by atoms with van der Waals surface area (Å²) in [5, 5.41) is 24.2. The smallest absolute Gasteiger partial charge is 0.221 e. The Hall–Kier alpha value is -1.46. The molecule has 0 radical (unpaired) electrons. The minimum absolute atomic E-state index is 0.0105. The van der Waals surface area contributed by atoms with E-state index in [4.69, 9.17) is 11.6 Å². The van der Waals surface area contributed by atoms with E-state index in [0.717, 1.165) is 0 Å². The Morgan fingerprint density at radius 3 is 2.82 bits per heavy atom. The lowest BCUT2D eigenvalue weighted by atomic mass is 10.2. The molecule has 1 amide bonds. The van der Waals surface area contributed by atoms with E-state index in [1.165, 1.54) is 13.0 Å². The van der Waals surface area contributed by atoms with Crippen LogP contribution in [-0.2, 0) is 4.79 Å². The molecule has 0 aliphatic rings. The zero-order valence-corrected chi connectivity index (χ0v) is 10.2. The van der Waals surface area contributed by atoms with Crippen LogP contribution in [0.2, 0.25) is 0 Å². The average molecular weight is 259 g/mol. The van der Waals surface area contributed by atoms with E-state index in [9.17, 15) is 15.0 Å². The maximum absolute atomic E-state index is 10.9. The Morgan fingerprint density at radius 1 is 1.53 bits per heavy atom. The van der Waals surface area contributed by atoms with Gasteiger partial charge in [0, 0.05) is 19.2 Å². The summed E-state index contributed by atoms with van der Waals surface area (Å²) in [5.41, 5.74) is 0.999. The van der Waals surface area contributed by atoms with Crippen molar-refractivity contribution in [1.82, 2.24) is 0 Å². The number of alkyl halides is 1. The molecule has 0 heterocycles. The second kappa shape index (κ2) is 6.32. The predicted molar refractivity (Wildman–Crippen MR) is 67.6 cm³/mol.